The molecule has 1 amide bonds. The molecule has 2 fully saturated rings. The zero-order valence-electron chi connectivity index (χ0n) is 14.5. The minimum absolute atomic E-state index is 0.00979. The van der Waals surface area contributed by atoms with Gasteiger partial charge in [-0.15, -0.1) is 0 Å². The third-order valence-corrected chi connectivity index (χ3v) is 4.98. The summed E-state index contributed by atoms with van der Waals surface area (Å²) in [5.74, 6) is 0.837. The predicted octanol–water partition coefficient (Wildman–Crippen LogP) is 1.26. The van der Waals surface area contributed by atoms with Crippen molar-refractivity contribution >= 4 is 5.91 Å². The van der Waals surface area contributed by atoms with E-state index in [1.165, 1.54) is 0 Å². The van der Waals surface area contributed by atoms with Crippen LogP contribution < -0.4 is 5.32 Å². The van der Waals surface area contributed by atoms with Gasteiger partial charge in [-0.3, -0.25) is 9.69 Å². The van der Waals surface area contributed by atoms with E-state index in [4.69, 9.17) is 14.0 Å². The van der Waals surface area contributed by atoms with Gasteiger partial charge in [-0.25, -0.2) is 0 Å². The number of ether oxygens (including phenoxy) is 2. The molecule has 7 heteroatoms. The Labute approximate surface area is 142 Å². The maximum atomic E-state index is 12.1. The summed E-state index contributed by atoms with van der Waals surface area (Å²) in [4.78, 5) is 14.5. The summed E-state index contributed by atoms with van der Waals surface area (Å²) in [6, 6.07) is 1.98. The first-order valence-corrected chi connectivity index (χ1v) is 8.69. The van der Waals surface area contributed by atoms with Gasteiger partial charge < -0.3 is 19.3 Å². The average molecular weight is 337 g/mol. The van der Waals surface area contributed by atoms with Crippen molar-refractivity contribution in [2.45, 2.75) is 50.9 Å². The van der Waals surface area contributed by atoms with E-state index in [1.54, 1.807) is 7.11 Å². The van der Waals surface area contributed by atoms with Crippen molar-refractivity contribution < 1.29 is 18.8 Å². The number of methoxy groups -OCH3 is 1. The lowest BCUT2D eigenvalue weighted by Crippen LogP contribution is -2.45. The van der Waals surface area contributed by atoms with Crippen LogP contribution in [0.1, 0.15) is 37.1 Å². The minimum atomic E-state index is -0.313. The first-order valence-electron chi connectivity index (χ1n) is 8.69. The van der Waals surface area contributed by atoms with Crippen molar-refractivity contribution in [3.63, 3.8) is 0 Å². The fourth-order valence-corrected chi connectivity index (χ4v) is 3.60. The number of aryl methyl sites for hydroxylation is 1. The summed E-state index contributed by atoms with van der Waals surface area (Å²) >= 11 is 0. The molecule has 3 rings (SSSR count). The van der Waals surface area contributed by atoms with E-state index in [1.807, 2.05) is 13.0 Å². The highest BCUT2D eigenvalue weighted by Crippen LogP contribution is 2.39. The lowest BCUT2D eigenvalue weighted by atomic mass is 9.88. The number of rotatable bonds is 6. The quantitative estimate of drug-likeness (QED) is 0.788. The van der Waals surface area contributed by atoms with Crippen LogP contribution in [-0.4, -0.2) is 61.0 Å². The second-order valence-corrected chi connectivity index (χ2v) is 6.82. The molecular weight excluding hydrogens is 310 g/mol. The summed E-state index contributed by atoms with van der Waals surface area (Å²) in [5.41, 5.74) is 0.852. The van der Waals surface area contributed by atoms with Crippen molar-refractivity contribution in [1.82, 2.24) is 15.4 Å². The van der Waals surface area contributed by atoms with Crippen LogP contribution in [0.4, 0.5) is 0 Å². The number of amides is 1. The van der Waals surface area contributed by atoms with Gasteiger partial charge >= 0.3 is 0 Å². The topological polar surface area (TPSA) is 76.8 Å². The van der Waals surface area contributed by atoms with Crippen LogP contribution in [0.25, 0.3) is 0 Å². The third-order valence-electron chi connectivity index (χ3n) is 4.98. The number of nitrogens with zero attached hydrogens (tertiary/aromatic N) is 2. The van der Waals surface area contributed by atoms with Gasteiger partial charge in [0.15, 0.2) is 0 Å². The van der Waals surface area contributed by atoms with Crippen LogP contribution in [0.15, 0.2) is 10.6 Å². The number of hydrogen-bond acceptors (Lipinski definition) is 6. The molecule has 2 aliphatic heterocycles. The van der Waals surface area contributed by atoms with Crippen molar-refractivity contribution in [3.8, 4) is 0 Å². The smallest absolute Gasteiger partial charge is 0.249 e. The average Bonchev–Trinajstić information content (AvgIpc) is 3.17. The van der Waals surface area contributed by atoms with E-state index in [9.17, 15) is 4.79 Å². The van der Waals surface area contributed by atoms with Gasteiger partial charge in [0, 0.05) is 39.4 Å². The molecule has 1 aromatic rings. The lowest BCUT2D eigenvalue weighted by molar-refractivity contribution is -0.141. The second kappa shape index (κ2) is 7.63. The first-order chi connectivity index (χ1) is 11.6. The van der Waals surface area contributed by atoms with Crippen molar-refractivity contribution in [2.75, 3.05) is 33.4 Å². The van der Waals surface area contributed by atoms with Gasteiger partial charge in [0.05, 0.1) is 17.9 Å². The lowest BCUT2D eigenvalue weighted by Gasteiger charge is -2.38. The zero-order chi connectivity index (χ0) is 17.0. The van der Waals surface area contributed by atoms with Crippen LogP contribution >= 0.6 is 0 Å². The summed E-state index contributed by atoms with van der Waals surface area (Å²) in [7, 11) is 1.63. The molecule has 0 saturated carbocycles. The summed E-state index contributed by atoms with van der Waals surface area (Å²) in [5, 5.41) is 6.93. The molecule has 0 aliphatic carbocycles. The maximum absolute atomic E-state index is 12.1. The highest BCUT2D eigenvalue weighted by molar-refractivity contribution is 5.81. The molecule has 134 valence electrons. The van der Waals surface area contributed by atoms with E-state index in [2.05, 4.69) is 15.4 Å². The second-order valence-electron chi connectivity index (χ2n) is 6.82. The van der Waals surface area contributed by atoms with Gasteiger partial charge in [0.1, 0.15) is 11.9 Å². The van der Waals surface area contributed by atoms with Gasteiger partial charge in [0.25, 0.3) is 0 Å². The molecule has 1 spiro atoms. The molecule has 0 bridgehead atoms. The van der Waals surface area contributed by atoms with Crippen LogP contribution in [-0.2, 0) is 20.8 Å². The number of nitrogens with one attached hydrogen (secondary N) is 1. The molecule has 7 nitrogen and oxygen atoms in total. The Bertz CT molecular complexity index is 552. The molecule has 2 saturated heterocycles. The Morgan fingerprint density at radius 1 is 1.46 bits per heavy atom. The molecule has 0 radical (unpaired) electrons. The zero-order valence-corrected chi connectivity index (χ0v) is 14.5. The van der Waals surface area contributed by atoms with Crippen molar-refractivity contribution in [1.29, 1.82) is 0 Å². The highest BCUT2D eigenvalue weighted by atomic mass is 16.5. The van der Waals surface area contributed by atoms with Crippen molar-refractivity contribution in [3.05, 3.63) is 17.5 Å². The van der Waals surface area contributed by atoms with E-state index in [0.29, 0.717) is 13.2 Å². The molecule has 1 atom stereocenters. The van der Waals surface area contributed by atoms with Crippen LogP contribution in [0.2, 0.25) is 0 Å². The minimum Gasteiger partial charge on any atom is -0.383 e. The predicted molar refractivity (Wildman–Crippen MR) is 87.5 cm³/mol. The van der Waals surface area contributed by atoms with Gasteiger partial charge in [0.2, 0.25) is 5.91 Å². The molecule has 0 aromatic carbocycles. The Balaban J connectivity index is 1.45. The maximum Gasteiger partial charge on any atom is 0.249 e. The largest absolute Gasteiger partial charge is 0.383 e. The Morgan fingerprint density at radius 3 is 2.92 bits per heavy atom. The molecule has 1 N–H and O–H groups in total. The summed E-state index contributed by atoms with van der Waals surface area (Å²) in [6.07, 6.45) is 3.39. The van der Waals surface area contributed by atoms with E-state index in [-0.39, 0.29) is 17.6 Å². The molecule has 24 heavy (non-hydrogen) atoms. The SMILES string of the molecule is COCCNC(=O)C1CCC2(CCN(Cc3cc(C)on3)CC2)O1. The monoisotopic (exact) mass is 337 g/mol. The first kappa shape index (κ1) is 17.4. The van der Waals surface area contributed by atoms with Crippen LogP contribution in [0.3, 0.4) is 0 Å². The van der Waals surface area contributed by atoms with Gasteiger partial charge in [-0.2, -0.15) is 0 Å². The van der Waals surface area contributed by atoms with Gasteiger partial charge in [-0.1, -0.05) is 5.16 Å². The summed E-state index contributed by atoms with van der Waals surface area (Å²) in [6.45, 7) is 5.71. The number of likely N-dealkylation sites (tertiary alicyclic amines) is 1. The standard InChI is InChI=1S/C17H27N3O4/c1-13-11-14(19-24-13)12-20-8-5-17(6-9-20)4-3-15(23-17)16(21)18-7-10-22-2/h11,15H,3-10,12H2,1-2H3,(H,18,21). The Kier molecular flexibility index (Phi) is 5.53. The van der Waals surface area contributed by atoms with Crippen LogP contribution in [0, 0.1) is 6.92 Å². The number of carbonyl (C=O) groups is 1. The molecule has 1 unspecified atom stereocenters. The Morgan fingerprint density at radius 2 is 2.25 bits per heavy atom. The number of hydrogen-bond donors (Lipinski definition) is 1. The van der Waals surface area contributed by atoms with E-state index in [0.717, 1.165) is 56.8 Å². The molecule has 2 aliphatic rings. The third kappa shape index (κ3) is 4.15. The molecule has 3 heterocycles. The fraction of sp³-hybridized carbons (Fsp3) is 0.765. The number of carbonyl (C=O) groups excluding carboxylic acids is 1. The van der Waals surface area contributed by atoms with Crippen LogP contribution in [0.5, 0.6) is 0 Å². The summed E-state index contributed by atoms with van der Waals surface area (Å²) < 4.78 is 16.3. The number of aromatic nitrogens is 1. The Hall–Kier alpha value is -1.44. The van der Waals surface area contributed by atoms with Gasteiger partial charge in [-0.05, 0) is 32.6 Å². The van der Waals surface area contributed by atoms with E-state index >= 15 is 0 Å². The van der Waals surface area contributed by atoms with Crippen molar-refractivity contribution in [2.24, 2.45) is 0 Å². The normalized spacial score (nSPS) is 23.7. The van der Waals surface area contributed by atoms with E-state index < -0.39 is 0 Å². The molecular formula is C17H27N3O4. The number of piperidine rings is 1. The fourth-order valence-electron chi connectivity index (χ4n) is 3.60. The highest BCUT2D eigenvalue weighted by Gasteiger charge is 2.44. The molecule has 1 aromatic heterocycles.